The Hall–Kier alpha value is -1.89. The highest BCUT2D eigenvalue weighted by Crippen LogP contribution is 2.28. The van der Waals surface area contributed by atoms with E-state index in [4.69, 9.17) is 4.74 Å². The van der Waals surface area contributed by atoms with Crippen LogP contribution in [0.5, 0.6) is 0 Å². The minimum Gasteiger partial charge on any atom is -0.375 e. The van der Waals surface area contributed by atoms with Crippen LogP contribution in [0.15, 0.2) is 6.20 Å². The number of nitrogens with zero attached hydrogens (tertiary/aromatic N) is 3. The van der Waals surface area contributed by atoms with Crippen molar-refractivity contribution in [1.82, 2.24) is 20.2 Å². The average Bonchev–Trinajstić information content (AvgIpc) is 2.85. The van der Waals surface area contributed by atoms with Gasteiger partial charge < -0.3 is 15.4 Å². The van der Waals surface area contributed by atoms with Crippen LogP contribution in [0.1, 0.15) is 26.7 Å². The van der Waals surface area contributed by atoms with Crippen molar-refractivity contribution in [1.29, 1.82) is 0 Å². The zero-order valence-electron chi connectivity index (χ0n) is 12.0. The van der Waals surface area contributed by atoms with Gasteiger partial charge in [-0.2, -0.15) is 15.1 Å². The maximum absolute atomic E-state index is 5.75. The average molecular weight is 276 g/mol. The molecule has 2 aromatic heterocycles. The highest BCUT2D eigenvalue weighted by atomic mass is 16.5. The lowest BCUT2D eigenvalue weighted by atomic mass is 9.94. The molecule has 1 saturated heterocycles. The van der Waals surface area contributed by atoms with E-state index in [1.807, 2.05) is 0 Å². The molecule has 1 aliphatic rings. The second-order valence-electron chi connectivity index (χ2n) is 5.72. The molecule has 0 radical (unpaired) electrons. The Morgan fingerprint density at radius 3 is 3.00 bits per heavy atom. The summed E-state index contributed by atoms with van der Waals surface area (Å²) in [5, 5.41) is 14.3. The Kier molecular flexibility index (Phi) is 3.21. The number of fused-ring (bicyclic) bond motifs is 1. The topological polar surface area (TPSA) is 87.8 Å². The van der Waals surface area contributed by atoms with Crippen LogP contribution in [0.2, 0.25) is 0 Å². The molecule has 1 fully saturated rings. The highest BCUT2D eigenvalue weighted by Gasteiger charge is 2.29. The fraction of sp³-hybridized carbons (Fsp3) is 0.615. The largest absolute Gasteiger partial charge is 0.375 e. The van der Waals surface area contributed by atoms with Gasteiger partial charge in [0.05, 0.1) is 17.2 Å². The summed E-state index contributed by atoms with van der Waals surface area (Å²) in [4.78, 5) is 8.83. The van der Waals surface area contributed by atoms with E-state index in [2.05, 4.69) is 44.6 Å². The second kappa shape index (κ2) is 4.90. The van der Waals surface area contributed by atoms with Gasteiger partial charge >= 0.3 is 0 Å². The van der Waals surface area contributed by atoms with E-state index in [1.165, 1.54) is 0 Å². The van der Waals surface area contributed by atoms with Crippen molar-refractivity contribution in [3.8, 4) is 0 Å². The zero-order chi connectivity index (χ0) is 14.2. The monoisotopic (exact) mass is 276 g/mol. The lowest BCUT2D eigenvalue weighted by molar-refractivity contribution is -0.0553. The van der Waals surface area contributed by atoms with Crippen molar-refractivity contribution in [3.63, 3.8) is 0 Å². The molecule has 108 valence electrons. The van der Waals surface area contributed by atoms with Gasteiger partial charge in [0.15, 0.2) is 5.65 Å². The van der Waals surface area contributed by atoms with Gasteiger partial charge in [-0.15, -0.1) is 0 Å². The lowest BCUT2D eigenvalue weighted by Crippen LogP contribution is -2.40. The summed E-state index contributed by atoms with van der Waals surface area (Å²) in [6, 6.07) is 0.344. The number of aromatic amines is 1. The van der Waals surface area contributed by atoms with Crippen LogP contribution >= 0.6 is 0 Å². The molecule has 20 heavy (non-hydrogen) atoms. The first-order valence-corrected chi connectivity index (χ1v) is 6.87. The maximum atomic E-state index is 5.75. The van der Waals surface area contributed by atoms with E-state index in [0.717, 1.165) is 36.3 Å². The van der Waals surface area contributed by atoms with E-state index < -0.39 is 0 Å². The number of ether oxygens (including phenoxy) is 1. The minimum absolute atomic E-state index is 0.0930. The smallest absolute Gasteiger partial charge is 0.226 e. The Morgan fingerprint density at radius 1 is 1.40 bits per heavy atom. The Bertz CT molecular complexity index is 608. The van der Waals surface area contributed by atoms with Crippen molar-refractivity contribution in [2.24, 2.45) is 0 Å². The van der Waals surface area contributed by atoms with Crippen LogP contribution in [0.4, 0.5) is 11.8 Å². The van der Waals surface area contributed by atoms with Gasteiger partial charge in [0.2, 0.25) is 5.95 Å². The molecule has 3 rings (SSSR count). The first kappa shape index (κ1) is 13.1. The van der Waals surface area contributed by atoms with Crippen LogP contribution in [0.3, 0.4) is 0 Å². The van der Waals surface area contributed by atoms with Gasteiger partial charge in [-0.1, -0.05) is 0 Å². The third-order valence-electron chi connectivity index (χ3n) is 3.57. The summed E-state index contributed by atoms with van der Waals surface area (Å²) in [6.07, 6.45) is 3.68. The predicted molar refractivity (Wildman–Crippen MR) is 77.9 cm³/mol. The van der Waals surface area contributed by atoms with E-state index in [9.17, 15) is 0 Å². The standard InChI is InChI=1S/C13H20N6O/c1-13(2)6-8(4-5-20-13)16-10-9-7-15-19-11(9)18-12(14-3)17-10/h7-8H,4-6H2,1-3H3,(H3,14,15,16,17,18,19). The van der Waals surface area contributed by atoms with E-state index in [1.54, 1.807) is 13.2 Å². The third kappa shape index (κ3) is 2.53. The van der Waals surface area contributed by atoms with E-state index in [0.29, 0.717) is 12.0 Å². The summed E-state index contributed by atoms with van der Waals surface area (Å²) in [7, 11) is 1.80. The normalized spacial score (nSPS) is 21.9. The van der Waals surface area contributed by atoms with Crippen molar-refractivity contribution in [2.45, 2.75) is 38.3 Å². The molecule has 1 atom stereocenters. The Balaban J connectivity index is 1.88. The van der Waals surface area contributed by atoms with Crippen molar-refractivity contribution < 1.29 is 4.74 Å². The number of hydrogen-bond donors (Lipinski definition) is 3. The fourth-order valence-corrected chi connectivity index (χ4v) is 2.61. The van der Waals surface area contributed by atoms with Crippen LogP contribution in [-0.4, -0.2) is 45.5 Å². The van der Waals surface area contributed by atoms with Gasteiger partial charge in [0.1, 0.15) is 5.82 Å². The summed E-state index contributed by atoms with van der Waals surface area (Å²) in [5.41, 5.74) is 0.641. The van der Waals surface area contributed by atoms with Gasteiger partial charge in [0.25, 0.3) is 0 Å². The number of H-pyrrole nitrogens is 1. The minimum atomic E-state index is -0.0930. The number of nitrogens with one attached hydrogen (secondary N) is 3. The van der Waals surface area contributed by atoms with Crippen LogP contribution in [-0.2, 0) is 4.74 Å². The van der Waals surface area contributed by atoms with E-state index in [-0.39, 0.29) is 5.60 Å². The first-order valence-electron chi connectivity index (χ1n) is 6.87. The molecule has 7 heteroatoms. The SMILES string of the molecule is CNc1nc(NC2CCOC(C)(C)C2)c2cn[nH]c2n1. The predicted octanol–water partition coefficient (Wildman–Crippen LogP) is 1.76. The van der Waals surface area contributed by atoms with Crippen LogP contribution in [0, 0.1) is 0 Å². The summed E-state index contributed by atoms with van der Waals surface area (Å²) >= 11 is 0. The summed E-state index contributed by atoms with van der Waals surface area (Å²) in [6.45, 7) is 5.00. The molecule has 0 spiro atoms. The Morgan fingerprint density at radius 2 is 2.25 bits per heavy atom. The molecule has 3 N–H and O–H groups in total. The Labute approximate surface area is 117 Å². The maximum Gasteiger partial charge on any atom is 0.226 e. The summed E-state index contributed by atoms with van der Waals surface area (Å²) in [5.74, 6) is 1.39. The second-order valence-corrected chi connectivity index (χ2v) is 5.72. The van der Waals surface area contributed by atoms with Crippen LogP contribution in [0.25, 0.3) is 11.0 Å². The van der Waals surface area contributed by atoms with Gasteiger partial charge in [-0.25, -0.2) is 0 Å². The molecule has 7 nitrogen and oxygen atoms in total. The van der Waals surface area contributed by atoms with Crippen molar-refractivity contribution >= 4 is 22.8 Å². The molecule has 0 saturated carbocycles. The van der Waals surface area contributed by atoms with Gasteiger partial charge in [-0.05, 0) is 26.7 Å². The number of rotatable bonds is 3. The molecular formula is C13H20N6O. The third-order valence-corrected chi connectivity index (χ3v) is 3.57. The molecular weight excluding hydrogens is 256 g/mol. The molecule has 2 aromatic rings. The fourth-order valence-electron chi connectivity index (χ4n) is 2.61. The van der Waals surface area contributed by atoms with Crippen molar-refractivity contribution in [2.75, 3.05) is 24.3 Å². The molecule has 0 aromatic carbocycles. The lowest BCUT2D eigenvalue weighted by Gasteiger charge is -2.36. The summed E-state index contributed by atoms with van der Waals surface area (Å²) < 4.78 is 5.75. The molecule has 0 amide bonds. The highest BCUT2D eigenvalue weighted by molar-refractivity contribution is 5.87. The quantitative estimate of drug-likeness (QED) is 0.792. The van der Waals surface area contributed by atoms with E-state index >= 15 is 0 Å². The number of hydrogen-bond acceptors (Lipinski definition) is 6. The van der Waals surface area contributed by atoms with Gasteiger partial charge in [0, 0.05) is 19.7 Å². The molecule has 0 aliphatic carbocycles. The zero-order valence-corrected chi connectivity index (χ0v) is 12.0. The van der Waals surface area contributed by atoms with Gasteiger partial charge in [-0.3, -0.25) is 5.10 Å². The molecule has 0 bridgehead atoms. The van der Waals surface area contributed by atoms with Crippen molar-refractivity contribution in [3.05, 3.63) is 6.20 Å². The first-order chi connectivity index (χ1) is 9.57. The molecule has 1 unspecified atom stereocenters. The molecule has 3 heterocycles. The van der Waals surface area contributed by atoms with Crippen LogP contribution < -0.4 is 10.6 Å². The molecule has 1 aliphatic heterocycles. The number of aromatic nitrogens is 4. The number of anilines is 2.